The van der Waals surface area contributed by atoms with Crippen molar-refractivity contribution in [1.82, 2.24) is 10.2 Å². The van der Waals surface area contributed by atoms with Crippen LogP contribution in [0, 0.1) is 11.8 Å². The van der Waals surface area contributed by atoms with E-state index in [9.17, 15) is 0 Å². The molecule has 3 heteroatoms. The average Bonchev–Trinajstić information content (AvgIpc) is 2.40. The van der Waals surface area contributed by atoms with Crippen molar-refractivity contribution >= 4 is 0 Å². The zero-order chi connectivity index (χ0) is 13.5. The van der Waals surface area contributed by atoms with Crippen LogP contribution in [0.1, 0.15) is 45.4 Å². The van der Waals surface area contributed by atoms with Crippen molar-refractivity contribution in [3.63, 3.8) is 0 Å². The summed E-state index contributed by atoms with van der Waals surface area (Å²) in [5, 5.41) is 3.77. The first-order chi connectivity index (χ1) is 9.28. The van der Waals surface area contributed by atoms with E-state index >= 15 is 0 Å². The third-order valence-corrected chi connectivity index (χ3v) is 4.80. The predicted molar refractivity (Wildman–Crippen MR) is 80.5 cm³/mol. The number of piperidine rings is 1. The number of rotatable bonds is 6. The molecule has 0 bridgehead atoms. The van der Waals surface area contributed by atoms with Crippen molar-refractivity contribution < 1.29 is 4.74 Å². The number of nitrogens with zero attached hydrogens (tertiary/aromatic N) is 1. The lowest BCUT2D eigenvalue weighted by Crippen LogP contribution is -2.43. The smallest absolute Gasteiger partial charge is 0.0502 e. The summed E-state index contributed by atoms with van der Waals surface area (Å²) in [5.41, 5.74) is 0. The number of ether oxygens (including phenoxy) is 1. The summed E-state index contributed by atoms with van der Waals surface area (Å²) < 4.78 is 5.30. The first-order valence-corrected chi connectivity index (χ1v) is 8.22. The highest BCUT2D eigenvalue weighted by Gasteiger charge is 2.21. The molecular formula is C16H32N2O. The van der Waals surface area contributed by atoms with Crippen LogP contribution in [-0.4, -0.2) is 50.8 Å². The van der Waals surface area contributed by atoms with E-state index in [0.717, 1.165) is 31.0 Å². The van der Waals surface area contributed by atoms with Crippen molar-refractivity contribution in [2.24, 2.45) is 11.8 Å². The quantitative estimate of drug-likeness (QED) is 0.801. The van der Waals surface area contributed by atoms with E-state index in [0.29, 0.717) is 0 Å². The molecule has 3 unspecified atom stereocenters. The fourth-order valence-electron chi connectivity index (χ4n) is 3.77. The second kappa shape index (κ2) is 8.23. The monoisotopic (exact) mass is 268 g/mol. The Labute approximate surface area is 119 Å². The number of methoxy groups -OCH3 is 1. The molecule has 3 atom stereocenters. The van der Waals surface area contributed by atoms with Crippen LogP contribution in [0.15, 0.2) is 0 Å². The average molecular weight is 268 g/mol. The molecular weight excluding hydrogens is 236 g/mol. The summed E-state index contributed by atoms with van der Waals surface area (Å²) >= 11 is 0. The zero-order valence-electron chi connectivity index (χ0n) is 12.9. The molecule has 0 amide bonds. The lowest BCUT2D eigenvalue weighted by Gasteiger charge is -2.33. The maximum Gasteiger partial charge on any atom is 0.0502 e. The Morgan fingerprint density at radius 1 is 1.21 bits per heavy atom. The van der Waals surface area contributed by atoms with Gasteiger partial charge in [0, 0.05) is 32.8 Å². The van der Waals surface area contributed by atoms with E-state index in [-0.39, 0.29) is 0 Å². The first-order valence-electron chi connectivity index (χ1n) is 8.22. The van der Waals surface area contributed by atoms with Gasteiger partial charge >= 0.3 is 0 Å². The molecule has 1 saturated heterocycles. The lowest BCUT2D eigenvalue weighted by atomic mass is 9.87. The van der Waals surface area contributed by atoms with Gasteiger partial charge in [0.1, 0.15) is 0 Å². The van der Waals surface area contributed by atoms with Gasteiger partial charge < -0.3 is 15.0 Å². The first kappa shape index (κ1) is 15.3. The number of hydrogen-bond acceptors (Lipinski definition) is 3. The number of hydrogen-bond donors (Lipinski definition) is 1. The molecule has 1 aliphatic carbocycles. The van der Waals surface area contributed by atoms with E-state index in [1.807, 2.05) is 7.11 Å². The molecule has 0 radical (unpaired) electrons. The molecule has 2 fully saturated rings. The molecule has 0 spiro atoms. The summed E-state index contributed by atoms with van der Waals surface area (Å²) in [5.74, 6) is 1.68. The SMILES string of the molecule is COCC1CCCN(CCNC2CCCC(C)C2)C1. The van der Waals surface area contributed by atoms with Gasteiger partial charge in [-0.1, -0.05) is 19.8 Å². The molecule has 0 aromatic carbocycles. The van der Waals surface area contributed by atoms with Crippen molar-refractivity contribution in [3.8, 4) is 0 Å². The fourth-order valence-corrected chi connectivity index (χ4v) is 3.77. The van der Waals surface area contributed by atoms with Gasteiger partial charge in [-0.3, -0.25) is 0 Å². The zero-order valence-corrected chi connectivity index (χ0v) is 12.9. The third-order valence-electron chi connectivity index (χ3n) is 4.80. The van der Waals surface area contributed by atoms with Crippen molar-refractivity contribution in [2.75, 3.05) is 39.9 Å². The van der Waals surface area contributed by atoms with E-state index < -0.39 is 0 Å². The minimum absolute atomic E-state index is 0.758. The topological polar surface area (TPSA) is 24.5 Å². The Kier molecular flexibility index (Phi) is 6.62. The summed E-state index contributed by atoms with van der Waals surface area (Å²) in [6.07, 6.45) is 8.30. The van der Waals surface area contributed by atoms with Gasteiger partial charge in [0.2, 0.25) is 0 Å². The van der Waals surface area contributed by atoms with Gasteiger partial charge in [-0.05, 0) is 44.1 Å². The molecule has 3 nitrogen and oxygen atoms in total. The second-order valence-corrected chi connectivity index (χ2v) is 6.69. The Hall–Kier alpha value is -0.120. The summed E-state index contributed by atoms with van der Waals surface area (Å²) in [7, 11) is 1.82. The van der Waals surface area contributed by atoms with Gasteiger partial charge in [0.05, 0.1) is 6.61 Å². The van der Waals surface area contributed by atoms with Crippen LogP contribution in [0.2, 0.25) is 0 Å². The van der Waals surface area contributed by atoms with E-state index in [4.69, 9.17) is 4.74 Å². The van der Waals surface area contributed by atoms with Crippen LogP contribution in [0.4, 0.5) is 0 Å². The summed E-state index contributed by atoms with van der Waals surface area (Å²) in [6.45, 7) is 8.22. The van der Waals surface area contributed by atoms with Crippen molar-refractivity contribution in [2.45, 2.75) is 51.5 Å². The lowest BCUT2D eigenvalue weighted by molar-refractivity contribution is 0.0903. The fraction of sp³-hybridized carbons (Fsp3) is 1.00. The van der Waals surface area contributed by atoms with Crippen molar-refractivity contribution in [3.05, 3.63) is 0 Å². The van der Waals surface area contributed by atoms with Crippen LogP contribution in [0.25, 0.3) is 0 Å². The molecule has 2 aliphatic rings. The van der Waals surface area contributed by atoms with Gasteiger partial charge in [0.15, 0.2) is 0 Å². The van der Waals surface area contributed by atoms with E-state index in [2.05, 4.69) is 17.1 Å². The van der Waals surface area contributed by atoms with Crippen LogP contribution in [0.3, 0.4) is 0 Å². The largest absolute Gasteiger partial charge is 0.384 e. The third kappa shape index (κ3) is 5.41. The maximum atomic E-state index is 5.30. The van der Waals surface area contributed by atoms with Crippen LogP contribution < -0.4 is 5.32 Å². The Morgan fingerprint density at radius 2 is 2.11 bits per heavy atom. The van der Waals surface area contributed by atoms with E-state index in [1.54, 1.807) is 0 Å². The molecule has 1 N–H and O–H groups in total. The second-order valence-electron chi connectivity index (χ2n) is 6.69. The highest BCUT2D eigenvalue weighted by molar-refractivity contribution is 4.77. The molecule has 19 heavy (non-hydrogen) atoms. The predicted octanol–water partition coefficient (Wildman–Crippen LogP) is 2.51. The molecule has 112 valence electrons. The molecule has 1 saturated carbocycles. The number of likely N-dealkylation sites (tertiary alicyclic amines) is 1. The number of nitrogens with one attached hydrogen (secondary N) is 1. The highest BCUT2D eigenvalue weighted by atomic mass is 16.5. The molecule has 1 heterocycles. The van der Waals surface area contributed by atoms with Gasteiger partial charge in [-0.15, -0.1) is 0 Å². The Morgan fingerprint density at radius 3 is 2.89 bits per heavy atom. The normalized spacial score (nSPS) is 33.5. The Bertz CT molecular complexity index is 245. The van der Waals surface area contributed by atoms with Gasteiger partial charge in [-0.2, -0.15) is 0 Å². The van der Waals surface area contributed by atoms with Crippen LogP contribution >= 0.6 is 0 Å². The summed E-state index contributed by atoms with van der Waals surface area (Å²) in [4.78, 5) is 2.62. The maximum absolute atomic E-state index is 5.30. The summed E-state index contributed by atoms with van der Waals surface area (Å²) in [6, 6.07) is 0.781. The Balaban J connectivity index is 1.59. The molecule has 1 aliphatic heterocycles. The van der Waals surface area contributed by atoms with Gasteiger partial charge in [0.25, 0.3) is 0 Å². The van der Waals surface area contributed by atoms with Crippen molar-refractivity contribution in [1.29, 1.82) is 0 Å². The van der Waals surface area contributed by atoms with E-state index in [1.165, 1.54) is 58.2 Å². The molecule has 2 rings (SSSR count). The minimum atomic E-state index is 0.758. The standard InChI is InChI=1S/C16H32N2O/c1-14-5-3-7-16(11-14)17-8-10-18-9-4-6-15(12-18)13-19-2/h14-17H,3-13H2,1-2H3. The van der Waals surface area contributed by atoms with Gasteiger partial charge in [-0.25, -0.2) is 0 Å². The minimum Gasteiger partial charge on any atom is -0.384 e. The highest BCUT2D eigenvalue weighted by Crippen LogP contribution is 2.23. The molecule has 0 aromatic rings. The van der Waals surface area contributed by atoms with Crippen LogP contribution in [0.5, 0.6) is 0 Å². The van der Waals surface area contributed by atoms with Crippen LogP contribution in [-0.2, 0) is 4.74 Å². The molecule has 0 aromatic heterocycles.